The summed E-state index contributed by atoms with van der Waals surface area (Å²) in [5.41, 5.74) is 0.0922. The molecule has 2 amide bonds. The normalized spacial score (nSPS) is 10.5. The van der Waals surface area contributed by atoms with E-state index >= 15 is 0 Å². The van der Waals surface area contributed by atoms with E-state index in [1.807, 2.05) is 24.3 Å². The Balaban J connectivity index is 1.59. The van der Waals surface area contributed by atoms with Crippen molar-refractivity contribution in [1.29, 1.82) is 0 Å². The third-order valence-electron chi connectivity index (χ3n) is 4.36. The zero-order valence-corrected chi connectivity index (χ0v) is 15.7. The molecule has 0 unspecified atom stereocenters. The summed E-state index contributed by atoms with van der Waals surface area (Å²) in [6, 6.07) is 11.9. The molecule has 0 saturated heterocycles. The number of methoxy groups -OCH3 is 1. The molecule has 3 aromatic rings. The number of H-pyrrole nitrogens is 2. The first kappa shape index (κ1) is 19.9. The molecule has 0 spiro atoms. The van der Waals surface area contributed by atoms with Crippen molar-refractivity contribution in [2.45, 2.75) is 12.8 Å². The van der Waals surface area contributed by atoms with E-state index in [4.69, 9.17) is 4.74 Å². The molecule has 0 bridgehead atoms. The number of benzene rings is 2. The predicted octanol–water partition coefficient (Wildman–Crippen LogP) is 0.912. The highest BCUT2D eigenvalue weighted by molar-refractivity contribution is 6.02. The van der Waals surface area contributed by atoms with Gasteiger partial charge in [-0.1, -0.05) is 24.3 Å². The molecule has 0 aliphatic carbocycles. The van der Waals surface area contributed by atoms with Crippen molar-refractivity contribution < 1.29 is 14.3 Å². The van der Waals surface area contributed by atoms with Gasteiger partial charge in [-0.25, -0.2) is 0 Å². The molecule has 2 aromatic carbocycles. The zero-order valence-electron chi connectivity index (χ0n) is 15.7. The van der Waals surface area contributed by atoms with Gasteiger partial charge < -0.3 is 15.4 Å². The van der Waals surface area contributed by atoms with Crippen molar-refractivity contribution >= 4 is 28.3 Å². The smallest absolute Gasteiger partial charge is 0.272 e. The molecule has 1 aromatic heterocycles. The number of nitrogens with one attached hydrogen (secondary N) is 4. The molecule has 0 aliphatic heterocycles. The average Bonchev–Trinajstić information content (AvgIpc) is 2.73. The fourth-order valence-corrected chi connectivity index (χ4v) is 2.95. The quantitative estimate of drug-likeness (QED) is 0.471. The Hall–Kier alpha value is -3.88. The minimum absolute atomic E-state index is 0.0760. The van der Waals surface area contributed by atoms with Gasteiger partial charge in [-0.2, -0.15) is 0 Å². The molecule has 0 aliphatic rings. The minimum atomic E-state index is -0.531. The second-order valence-corrected chi connectivity index (χ2v) is 6.27. The lowest BCUT2D eigenvalue weighted by molar-refractivity contribution is -0.124. The molecule has 0 radical (unpaired) electrons. The standard InChI is InChI=1S/C20H20N4O5/c1-29-15-8-3-2-5-12(15)9-10-16(25)21-11-17(26)22-14-7-4-6-13-18(14)20(28)24-23-19(13)27/h2-8H,9-11H2,1H3,(H,21,25)(H,22,26)(H,23,27)(H,24,28). The van der Waals surface area contributed by atoms with Crippen LogP contribution in [0.3, 0.4) is 0 Å². The second-order valence-electron chi connectivity index (χ2n) is 6.27. The Kier molecular flexibility index (Phi) is 6.08. The van der Waals surface area contributed by atoms with Gasteiger partial charge in [0.05, 0.1) is 30.1 Å². The van der Waals surface area contributed by atoms with Crippen molar-refractivity contribution in [3.05, 3.63) is 68.7 Å². The second kappa shape index (κ2) is 8.87. The van der Waals surface area contributed by atoms with Gasteiger partial charge in [-0.3, -0.25) is 29.4 Å². The number of hydrogen-bond donors (Lipinski definition) is 4. The number of para-hydroxylation sites is 1. The van der Waals surface area contributed by atoms with Gasteiger partial charge in [0.15, 0.2) is 0 Å². The number of amides is 2. The Morgan fingerprint density at radius 3 is 2.52 bits per heavy atom. The largest absolute Gasteiger partial charge is 0.496 e. The fraction of sp³-hybridized carbons (Fsp3) is 0.200. The predicted molar refractivity (Wildman–Crippen MR) is 108 cm³/mol. The minimum Gasteiger partial charge on any atom is -0.496 e. The lowest BCUT2D eigenvalue weighted by atomic mass is 10.1. The summed E-state index contributed by atoms with van der Waals surface area (Å²) in [6.45, 7) is -0.262. The number of aromatic nitrogens is 2. The van der Waals surface area contributed by atoms with Crippen LogP contribution in [0.2, 0.25) is 0 Å². The number of rotatable bonds is 7. The van der Waals surface area contributed by atoms with Gasteiger partial charge >= 0.3 is 0 Å². The number of aromatic amines is 2. The summed E-state index contributed by atoms with van der Waals surface area (Å²) >= 11 is 0. The Morgan fingerprint density at radius 1 is 0.966 bits per heavy atom. The number of anilines is 1. The van der Waals surface area contributed by atoms with Crippen molar-refractivity contribution in [2.75, 3.05) is 19.0 Å². The molecule has 0 atom stereocenters. The first-order chi connectivity index (χ1) is 14.0. The molecule has 29 heavy (non-hydrogen) atoms. The number of hydrogen-bond acceptors (Lipinski definition) is 5. The van der Waals surface area contributed by atoms with Crippen LogP contribution in [0, 0.1) is 0 Å². The lowest BCUT2D eigenvalue weighted by Gasteiger charge is -2.10. The van der Waals surface area contributed by atoms with E-state index < -0.39 is 17.0 Å². The average molecular weight is 396 g/mol. The Morgan fingerprint density at radius 2 is 1.72 bits per heavy atom. The van der Waals surface area contributed by atoms with Crippen molar-refractivity contribution in [1.82, 2.24) is 15.5 Å². The van der Waals surface area contributed by atoms with Gasteiger partial charge in [-0.05, 0) is 30.2 Å². The summed E-state index contributed by atoms with van der Waals surface area (Å²) in [5, 5.41) is 9.78. The summed E-state index contributed by atoms with van der Waals surface area (Å²) in [7, 11) is 1.56. The molecule has 150 valence electrons. The molecule has 1 heterocycles. The molecule has 4 N–H and O–H groups in total. The van der Waals surface area contributed by atoms with E-state index in [1.54, 1.807) is 13.2 Å². The third kappa shape index (κ3) is 4.70. The van der Waals surface area contributed by atoms with Crippen molar-refractivity contribution in [3.8, 4) is 5.75 Å². The number of carbonyl (C=O) groups is 2. The van der Waals surface area contributed by atoms with Crippen LogP contribution < -0.4 is 26.5 Å². The molecule has 0 fully saturated rings. The first-order valence-corrected chi connectivity index (χ1v) is 8.91. The molecule has 9 heteroatoms. The summed E-state index contributed by atoms with van der Waals surface area (Å²) in [5.74, 6) is -0.102. The van der Waals surface area contributed by atoms with Crippen LogP contribution in [-0.4, -0.2) is 35.7 Å². The summed E-state index contributed by atoms with van der Waals surface area (Å²) in [6.07, 6.45) is 0.663. The van der Waals surface area contributed by atoms with Gasteiger partial charge in [0, 0.05) is 6.42 Å². The lowest BCUT2D eigenvalue weighted by Crippen LogP contribution is -2.33. The first-order valence-electron chi connectivity index (χ1n) is 8.91. The van der Waals surface area contributed by atoms with Crippen LogP contribution in [0.5, 0.6) is 5.75 Å². The number of ether oxygens (including phenoxy) is 1. The highest BCUT2D eigenvalue weighted by Gasteiger charge is 2.12. The van der Waals surface area contributed by atoms with Crippen LogP contribution >= 0.6 is 0 Å². The van der Waals surface area contributed by atoms with Crippen molar-refractivity contribution in [2.24, 2.45) is 0 Å². The molecular formula is C20H20N4O5. The van der Waals surface area contributed by atoms with E-state index in [9.17, 15) is 19.2 Å². The van der Waals surface area contributed by atoms with Crippen LogP contribution in [-0.2, 0) is 16.0 Å². The number of carbonyl (C=O) groups excluding carboxylic acids is 2. The topological polar surface area (TPSA) is 133 Å². The highest BCUT2D eigenvalue weighted by Crippen LogP contribution is 2.19. The van der Waals surface area contributed by atoms with Gasteiger partial charge in [-0.15, -0.1) is 0 Å². The molecule has 0 saturated carbocycles. The summed E-state index contributed by atoms with van der Waals surface area (Å²) < 4.78 is 5.25. The van der Waals surface area contributed by atoms with Crippen LogP contribution in [0.25, 0.3) is 10.8 Å². The molecule has 9 nitrogen and oxygen atoms in total. The molecular weight excluding hydrogens is 376 g/mol. The number of fused-ring (bicyclic) bond motifs is 1. The van der Waals surface area contributed by atoms with E-state index in [2.05, 4.69) is 20.8 Å². The van der Waals surface area contributed by atoms with Gasteiger partial charge in [0.25, 0.3) is 11.1 Å². The van der Waals surface area contributed by atoms with Crippen LogP contribution in [0.1, 0.15) is 12.0 Å². The fourth-order valence-electron chi connectivity index (χ4n) is 2.95. The maximum absolute atomic E-state index is 12.2. The van der Waals surface area contributed by atoms with Crippen LogP contribution in [0.4, 0.5) is 5.69 Å². The van der Waals surface area contributed by atoms with Gasteiger partial charge in [0.2, 0.25) is 11.8 Å². The van der Waals surface area contributed by atoms with E-state index in [0.717, 1.165) is 5.56 Å². The van der Waals surface area contributed by atoms with E-state index in [1.165, 1.54) is 12.1 Å². The zero-order chi connectivity index (χ0) is 20.8. The van der Waals surface area contributed by atoms with Crippen molar-refractivity contribution in [3.63, 3.8) is 0 Å². The maximum atomic E-state index is 12.2. The monoisotopic (exact) mass is 396 g/mol. The Labute approximate surface area is 165 Å². The third-order valence-corrected chi connectivity index (χ3v) is 4.36. The SMILES string of the molecule is COc1ccccc1CCC(=O)NCC(=O)Nc1cccc2c(=O)[nH][nH]c(=O)c12. The van der Waals surface area contributed by atoms with E-state index in [-0.39, 0.29) is 35.3 Å². The Bertz CT molecular complexity index is 1170. The van der Waals surface area contributed by atoms with E-state index in [0.29, 0.717) is 12.2 Å². The summed E-state index contributed by atoms with van der Waals surface area (Å²) in [4.78, 5) is 48.1. The molecule has 3 rings (SSSR count). The number of aryl methyl sites for hydroxylation is 1. The maximum Gasteiger partial charge on any atom is 0.272 e. The van der Waals surface area contributed by atoms with Crippen LogP contribution in [0.15, 0.2) is 52.1 Å². The highest BCUT2D eigenvalue weighted by atomic mass is 16.5. The van der Waals surface area contributed by atoms with Gasteiger partial charge in [0.1, 0.15) is 5.75 Å².